The Morgan fingerprint density at radius 1 is 1.44 bits per heavy atom. The summed E-state index contributed by atoms with van der Waals surface area (Å²) in [5, 5.41) is 3.82. The number of hydrogen-bond acceptors (Lipinski definition) is 5. The second-order valence-corrected chi connectivity index (χ2v) is 5.12. The number of rotatable bonds is 3. The van der Waals surface area contributed by atoms with Crippen molar-refractivity contribution in [3.63, 3.8) is 0 Å². The first-order chi connectivity index (χ1) is 8.54. The highest BCUT2D eigenvalue weighted by atomic mass is 16.5. The number of aryl methyl sites for hydroxylation is 1. The Morgan fingerprint density at radius 3 is 2.83 bits per heavy atom. The quantitative estimate of drug-likeness (QED) is 0.770. The maximum atomic E-state index is 5.86. The third-order valence-electron chi connectivity index (χ3n) is 2.91. The molecule has 1 aromatic rings. The molecule has 0 radical (unpaired) electrons. The Hall–Kier alpha value is -1.20. The molecule has 0 spiro atoms. The van der Waals surface area contributed by atoms with Crippen molar-refractivity contribution in [1.82, 2.24) is 15.0 Å². The van der Waals surface area contributed by atoms with Crippen LogP contribution in [0.15, 0.2) is 16.2 Å². The van der Waals surface area contributed by atoms with Crippen molar-refractivity contribution < 1.29 is 9.26 Å². The molecule has 2 heterocycles. The Balaban J connectivity index is 2.02. The average molecular weight is 251 g/mol. The smallest absolute Gasteiger partial charge is 0.257 e. The maximum Gasteiger partial charge on any atom is 0.257 e. The summed E-state index contributed by atoms with van der Waals surface area (Å²) in [5.74, 6) is 1.24. The maximum absolute atomic E-state index is 5.86. The minimum atomic E-state index is -0.111. The summed E-state index contributed by atoms with van der Waals surface area (Å²) < 4.78 is 11.1. The summed E-state index contributed by atoms with van der Waals surface area (Å²) in [6.07, 6.45) is 2.30. The summed E-state index contributed by atoms with van der Waals surface area (Å²) in [6, 6.07) is 0. The second kappa shape index (κ2) is 5.63. The molecule has 18 heavy (non-hydrogen) atoms. The molecule has 0 unspecified atom stereocenters. The van der Waals surface area contributed by atoms with E-state index in [2.05, 4.69) is 41.9 Å². The lowest BCUT2D eigenvalue weighted by Crippen LogP contribution is -2.42. The number of hydrogen-bond donors (Lipinski definition) is 0. The Labute approximate surface area is 108 Å². The van der Waals surface area contributed by atoms with E-state index in [1.54, 1.807) is 0 Å². The van der Waals surface area contributed by atoms with Crippen LogP contribution in [0.2, 0.25) is 0 Å². The van der Waals surface area contributed by atoms with Crippen LogP contribution in [0.25, 0.3) is 0 Å². The van der Waals surface area contributed by atoms with E-state index in [4.69, 9.17) is 9.26 Å². The molecule has 1 aliphatic rings. The van der Waals surface area contributed by atoms with Crippen molar-refractivity contribution in [2.24, 2.45) is 0 Å². The third-order valence-corrected chi connectivity index (χ3v) is 2.91. The molecule has 5 nitrogen and oxygen atoms in total. The number of nitrogens with zero attached hydrogens (tertiary/aromatic N) is 3. The second-order valence-electron chi connectivity index (χ2n) is 5.12. The van der Waals surface area contributed by atoms with E-state index >= 15 is 0 Å². The van der Waals surface area contributed by atoms with Crippen LogP contribution in [0.3, 0.4) is 0 Å². The first-order valence-electron chi connectivity index (χ1n) is 6.36. The molecule has 0 amide bonds. The van der Waals surface area contributed by atoms with Crippen LogP contribution < -0.4 is 0 Å². The van der Waals surface area contributed by atoms with Gasteiger partial charge in [0.25, 0.3) is 5.89 Å². The molecule has 0 aliphatic carbocycles. The van der Waals surface area contributed by atoms with Crippen molar-refractivity contribution in [2.45, 2.75) is 39.9 Å². The molecule has 0 bridgehead atoms. The number of morpholine rings is 1. The summed E-state index contributed by atoms with van der Waals surface area (Å²) in [4.78, 5) is 6.61. The van der Waals surface area contributed by atoms with Gasteiger partial charge in [0.1, 0.15) is 6.10 Å². The highest BCUT2D eigenvalue weighted by Crippen LogP contribution is 2.23. The minimum Gasteiger partial charge on any atom is -0.363 e. The predicted octanol–water partition coefficient (Wildman–Crippen LogP) is 2.11. The molecule has 1 fully saturated rings. The van der Waals surface area contributed by atoms with E-state index < -0.39 is 0 Å². The fraction of sp³-hybridized carbons (Fsp3) is 0.692. The van der Waals surface area contributed by atoms with E-state index in [1.807, 2.05) is 6.92 Å². The van der Waals surface area contributed by atoms with Crippen molar-refractivity contribution in [3.8, 4) is 0 Å². The standard InChI is InChI=1S/C13H21N3O2/c1-9(2)5-6-16-7-10(3)17-12(8-16)13-14-11(4)15-18-13/h5,10,12H,6-8H2,1-4H3/t10-,12-/m1/s1. The molecule has 2 atom stereocenters. The Bertz CT molecular complexity index is 424. The summed E-state index contributed by atoms with van der Waals surface area (Å²) in [7, 11) is 0. The van der Waals surface area contributed by atoms with Crippen LogP contribution in [-0.2, 0) is 4.74 Å². The van der Waals surface area contributed by atoms with Gasteiger partial charge >= 0.3 is 0 Å². The largest absolute Gasteiger partial charge is 0.363 e. The summed E-state index contributed by atoms with van der Waals surface area (Å²) >= 11 is 0. The van der Waals surface area contributed by atoms with Crippen LogP contribution >= 0.6 is 0 Å². The van der Waals surface area contributed by atoms with E-state index in [1.165, 1.54) is 5.57 Å². The van der Waals surface area contributed by atoms with Crippen molar-refractivity contribution in [3.05, 3.63) is 23.4 Å². The van der Waals surface area contributed by atoms with Gasteiger partial charge < -0.3 is 9.26 Å². The van der Waals surface area contributed by atoms with Gasteiger partial charge in [0, 0.05) is 19.6 Å². The SMILES string of the molecule is CC(C)=CCN1C[C@@H](C)O[C@@H](c2nc(C)no2)C1. The van der Waals surface area contributed by atoms with E-state index in [0.717, 1.165) is 19.6 Å². The van der Waals surface area contributed by atoms with Crippen LogP contribution in [0.1, 0.15) is 38.6 Å². The van der Waals surface area contributed by atoms with Gasteiger partial charge in [-0.1, -0.05) is 16.8 Å². The predicted molar refractivity (Wildman–Crippen MR) is 68.2 cm³/mol. The molecule has 100 valence electrons. The van der Waals surface area contributed by atoms with E-state index in [-0.39, 0.29) is 12.2 Å². The average Bonchev–Trinajstić information content (AvgIpc) is 2.72. The van der Waals surface area contributed by atoms with Gasteiger partial charge in [-0.2, -0.15) is 4.98 Å². The molecular weight excluding hydrogens is 230 g/mol. The molecule has 0 aromatic carbocycles. The van der Waals surface area contributed by atoms with Crippen LogP contribution in [0.5, 0.6) is 0 Å². The van der Waals surface area contributed by atoms with Gasteiger partial charge in [0.15, 0.2) is 5.82 Å². The zero-order valence-corrected chi connectivity index (χ0v) is 11.5. The van der Waals surface area contributed by atoms with Gasteiger partial charge in [0.2, 0.25) is 0 Å². The zero-order chi connectivity index (χ0) is 13.1. The Morgan fingerprint density at radius 2 is 2.22 bits per heavy atom. The topological polar surface area (TPSA) is 51.4 Å². The zero-order valence-electron chi connectivity index (χ0n) is 11.5. The molecule has 1 aromatic heterocycles. The summed E-state index contributed by atoms with van der Waals surface area (Å²) in [6.45, 7) is 10.8. The monoisotopic (exact) mass is 251 g/mol. The molecular formula is C13H21N3O2. The molecule has 0 N–H and O–H groups in total. The summed E-state index contributed by atoms with van der Waals surface area (Å²) in [5.41, 5.74) is 1.33. The first kappa shape index (κ1) is 13.2. The highest BCUT2D eigenvalue weighted by molar-refractivity contribution is 4.98. The van der Waals surface area contributed by atoms with Gasteiger partial charge in [-0.15, -0.1) is 0 Å². The van der Waals surface area contributed by atoms with Crippen LogP contribution in [0.4, 0.5) is 0 Å². The molecule has 2 rings (SSSR count). The van der Waals surface area contributed by atoms with Gasteiger partial charge in [-0.05, 0) is 27.7 Å². The van der Waals surface area contributed by atoms with Gasteiger partial charge in [0.05, 0.1) is 6.10 Å². The van der Waals surface area contributed by atoms with Crippen molar-refractivity contribution in [2.75, 3.05) is 19.6 Å². The molecule has 0 saturated carbocycles. The van der Waals surface area contributed by atoms with Crippen molar-refractivity contribution in [1.29, 1.82) is 0 Å². The lowest BCUT2D eigenvalue weighted by atomic mass is 10.2. The normalized spacial score (nSPS) is 25.1. The number of ether oxygens (including phenoxy) is 1. The lowest BCUT2D eigenvalue weighted by molar-refractivity contribution is -0.0878. The molecule has 1 aliphatic heterocycles. The van der Waals surface area contributed by atoms with Gasteiger partial charge in [-0.3, -0.25) is 4.90 Å². The molecule has 5 heteroatoms. The van der Waals surface area contributed by atoms with Gasteiger partial charge in [-0.25, -0.2) is 0 Å². The highest BCUT2D eigenvalue weighted by Gasteiger charge is 2.29. The third kappa shape index (κ3) is 3.40. The van der Waals surface area contributed by atoms with Crippen molar-refractivity contribution >= 4 is 0 Å². The van der Waals surface area contributed by atoms with E-state index in [9.17, 15) is 0 Å². The fourth-order valence-electron chi connectivity index (χ4n) is 2.08. The number of allylic oxidation sites excluding steroid dienone is 1. The molecule has 1 saturated heterocycles. The van der Waals surface area contributed by atoms with Crippen LogP contribution in [0, 0.1) is 6.92 Å². The fourth-order valence-corrected chi connectivity index (χ4v) is 2.08. The minimum absolute atomic E-state index is 0.111. The Kier molecular flexibility index (Phi) is 4.14. The van der Waals surface area contributed by atoms with E-state index in [0.29, 0.717) is 11.7 Å². The number of aromatic nitrogens is 2. The lowest BCUT2D eigenvalue weighted by Gasteiger charge is -2.34. The van der Waals surface area contributed by atoms with Crippen LogP contribution in [-0.4, -0.2) is 40.8 Å². The first-order valence-corrected chi connectivity index (χ1v) is 6.36.